The summed E-state index contributed by atoms with van der Waals surface area (Å²) in [6, 6.07) is 2.07. The molecule has 0 aromatic carbocycles. The van der Waals surface area contributed by atoms with E-state index in [1.54, 1.807) is 18.4 Å². The summed E-state index contributed by atoms with van der Waals surface area (Å²) in [4.78, 5) is 1.07. The van der Waals surface area contributed by atoms with Crippen molar-refractivity contribution in [3.05, 3.63) is 21.9 Å². The molecule has 0 radical (unpaired) electrons. The number of thiophene rings is 1. The quantitative estimate of drug-likeness (QED) is 0.891. The molecule has 3 unspecified atom stereocenters. The Kier molecular flexibility index (Phi) is 3.91. The molecule has 1 saturated carbocycles. The lowest BCUT2D eigenvalue weighted by atomic mass is 9.75. The maximum atomic E-state index is 10.7. The minimum absolute atomic E-state index is 0.368. The highest BCUT2D eigenvalue weighted by Crippen LogP contribution is 2.45. The molecule has 1 aliphatic rings. The van der Waals surface area contributed by atoms with Crippen molar-refractivity contribution in [2.45, 2.75) is 51.2 Å². The smallest absolute Gasteiger partial charge is 0.117 e. The van der Waals surface area contributed by atoms with Gasteiger partial charge in [-0.25, -0.2) is 0 Å². The highest BCUT2D eigenvalue weighted by molar-refractivity contribution is 7.10. The number of hydrogen-bond donors (Lipinski definition) is 1. The van der Waals surface area contributed by atoms with E-state index < -0.39 is 6.10 Å². The van der Waals surface area contributed by atoms with E-state index >= 15 is 0 Å². The monoisotopic (exact) mass is 254 g/mol. The molecule has 1 N–H and O–H groups in total. The Morgan fingerprint density at radius 3 is 2.88 bits per heavy atom. The van der Waals surface area contributed by atoms with Crippen LogP contribution in [-0.4, -0.2) is 17.8 Å². The Morgan fingerprint density at radius 2 is 2.35 bits per heavy atom. The molecule has 0 aliphatic heterocycles. The SMILES string of the molecule is COC1(C(O)c2sccc2C)CCCC(C)C1. The van der Waals surface area contributed by atoms with Crippen molar-refractivity contribution in [1.82, 2.24) is 0 Å². The molecule has 1 aromatic heterocycles. The molecule has 0 bridgehead atoms. The van der Waals surface area contributed by atoms with Crippen molar-refractivity contribution in [3.8, 4) is 0 Å². The van der Waals surface area contributed by atoms with Crippen LogP contribution in [0.2, 0.25) is 0 Å². The van der Waals surface area contributed by atoms with Crippen molar-refractivity contribution in [3.63, 3.8) is 0 Å². The molecule has 0 saturated heterocycles. The Bertz CT molecular complexity index is 374. The minimum atomic E-state index is -0.477. The van der Waals surface area contributed by atoms with Crippen LogP contribution in [0.5, 0.6) is 0 Å². The van der Waals surface area contributed by atoms with Gasteiger partial charge in [0.25, 0.3) is 0 Å². The van der Waals surface area contributed by atoms with Crippen LogP contribution in [0.1, 0.15) is 49.2 Å². The van der Waals surface area contributed by atoms with Crippen molar-refractivity contribution in [2.75, 3.05) is 7.11 Å². The maximum absolute atomic E-state index is 10.7. The molecule has 2 nitrogen and oxygen atoms in total. The number of rotatable bonds is 3. The summed E-state index contributed by atoms with van der Waals surface area (Å²) >= 11 is 1.64. The van der Waals surface area contributed by atoms with Gasteiger partial charge in [0.15, 0.2) is 0 Å². The highest BCUT2D eigenvalue weighted by atomic mass is 32.1. The molecular formula is C14H22O2S. The van der Waals surface area contributed by atoms with Crippen molar-refractivity contribution < 1.29 is 9.84 Å². The predicted molar refractivity (Wildman–Crippen MR) is 71.4 cm³/mol. The van der Waals surface area contributed by atoms with E-state index in [-0.39, 0.29) is 5.60 Å². The van der Waals surface area contributed by atoms with E-state index in [1.165, 1.54) is 12.0 Å². The van der Waals surface area contributed by atoms with Crippen LogP contribution in [0.25, 0.3) is 0 Å². The minimum Gasteiger partial charge on any atom is -0.385 e. The van der Waals surface area contributed by atoms with Gasteiger partial charge in [0, 0.05) is 12.0 Å². The third-order valence-electron chi connectivity index (χ3n) is 4.05. The number of hydrogen-bond acceptors (Lipinski definition) is 3. The van der Waals surface area contributed by atoms with Gasteiger partial charge in [-0.1, -0.05) is 19.8 Å². The van der Waals surface area contributed by atoms with E-state index in [0.717, 1.165) is 24.1 Å². The third-order valence-corrected chi connectivity index (χ3v) is 5.12. The van der Waals surface area contributed by atoms with Gasteiger partial charge in [0.2, 0.25) is 0 Å². The van der Waals surface area contributed by atoms with Crippen LogP contribution in [0.3, 0.4) is 0 Å². The number of aliphatic hydroxyl groups excluding tert-OH is 1. The second-order valence-corrected chi connectivity index (χ2v) is 6.29. The van der Waals surface area contributed by atoms with E-state index in [0.29, 0.717) is 5.92 Å². The summed E-state index contributed by atoms with van der Waals surface area (Å²) < 4.78 is 5.75. The average Bonchev–Trinajstić information content (AvgIpc) is 2.74. The topological polar surface area (TPSA) is 29.5 Å². The van der Waals surface area contributed by atoms with Gasteiger partial charge in [-0.3, -0.25) is 0 Å². The van der Waals surface area contributed by atoms with E-state index in [2.05, 4.69) is 19.9 Å². The first-order valence-corrected chi connectivity index (χ1v) is 7.24. The molecular weight excluding hydrogens is 232 g/mol. The van der Waals surface area contributed by atoms with Gasteiger partial charge in [-0.2, -0.15) is 0 Å². The van der Waals surface area contributed by atoms with Gasteiger partial charge in [0.05, 0.1) is 5.60 Å². The van der Waals surface area contributed by atoms with Crippen LogP contribution in [0.15, 0.2) is 11.4 Å². The van der Waals surface area contributed by atoms with Crippen LogP contribution in [0, 0.1) is 12.8 Å². The molecule has 17 heavy (non-hydrogen) atoms. The molecule has 0 spiro atoms. The zero-order valence-electron chi connectivity index (χ0n) is 10.9. The lowest BCUT2D eigenvalue weighted by Gasteiger charge is -2.42. The number of methoxy groups -OCH3 is 1. The Balaban J connectivity index is 2.26. The zero-order valence-corrected chi connectivity index (χ0v) is 11.7. The predicted octanol–water partition coefficient (Wildman–Crippen LogP) is 3.69. The number of aryl methyl sites for hydroxylation is 1. The summed E-state index contributed by atoms with van der Waals surface area (Å²) in [5.41, 5.74) is 0.810. The second kappa shape index (κ2) is 5.09. The molecule has 3 heteroatoms. The number of ether oxygens (including phenoxy) is 1. The van der Waals surface area contributed by atoms with Crippen molar-refractivity contribution >= 4 is 11.3 Å². The van der Waals surface area contributed by atoms with Crippen LogP contribution in [-0.2, 0) is 4.74 Å². The summed E-state index contributed by atoms with van der Waals surface area (Å²) in [7, 11) is 1.74. The molecule has 1 aromatic rings. The summed E-state index contributed by atoms with van der Waals surface area (Å²) in [6.07, 6.45) is 3.85. The van der Waals surface area contributed by atoms with Crippen LogP contribution >= 0.6 is 11.3 Å². The summed E-state index contributed by atoms with van der Waals surface area (Å²) in [5.74, 6) is 0.638. The second-order valence-electron chi connectivity index (χ2n) is 5.34. The maximum Gasteiger partial charge on any atom is 0.117 e. The largest absolute Gasteiger partial charge is 0.385 e. The van der Waals surface area contributed by atoms with Gasteiger partial charge in [0.1, 0.15) is 6.10 Å². The fourth-order valence-electron chi connectivity index (χ4n) is 2.99. The Hall–Kier alpha value is -0.380. The van der Waals surface area contributed by atoms with Gasteiger partial charge in [-0.05, 0) is 42.7 Å². The molecule has 1 aliphatic carbocycles. The van der Waals surface area contributed by atoms with E-state index in [1.807, 2.05) is 5.38 Å². The molecule has 1 heterocycles. The lowest BCUT2D eigenvalue weighted by Crippen LogP contribution is -2.42. The standard InChI is InChI=1S/C14H22O2S/c1-10-5-4-7-14(9-10,16-3)13(15)12-11(2)6-8-17-12/h6,8,10,13,15H,4-5,7,9H2,1-3H3. The first-order chi connectivity index (χ1) is 8.09. The van der Waals surface area contributed by atoms with Crippen LogP contribution in [0.4, 0.5) is 0 Å². The van der Waals surface area contributed by atoms with Crippen LogP contribution < -0.4 is 0 Å². The first-order valence-electron chi connectivity index (χ1n) is 6.36. The Labute approximate surface area is 108 Å². The van der Waals surface area contributed by atoms with Gasteiger partial charge < -0.3 is 9.84 Å². The molecule has 1 fully saturated rings. The van der Waals surface area contributed by atoms with E-state index in [9.17, 15) is 5.11 Å². The molecule has 96 valence electrons. The highest BCUT2D eigenvalue weighted by Gasteiger charge is 2.43. The fraction of sp³-hybridized carbons (Fsp3) is 0.714. The molecule has 3 atom stereocenters. The van der Waals surface area contributed by atoms with Gasteiger partial charge >= 0.3 is 0 Å². The Morgan fingerprint density at radius 1 is 1.59 bits per heavy atom. The molecule has 0 amide bonds. The lowest BCUT2D eigenvalue weighted by molar-refractivity contribution is -0.133. The van der Waals surface area contributed by atoms with Crippen molar-refractivity contribution in [1.29, 1.82) is 0 Å². The third kappa shape index (κ3) is 2.42. The van der Waals surface area contributed by atoms with Crippen molar-refractivity contribution in [2.24, 2.45) is 5.92 Å². The van der Waals surface area contributed by atoms with Gasteiger partial charge in [-0.15, -0.1) is 11.3 Å². The summed E-state index contributed by atoms with van der Waals surface area (Å²) in [6.45, 7) is 4.31. The summed E-state index contributed by atoms with van der Waals surface area (Å²) in [5, 5.41) is 12.7. The zero-order chi connectivity index (χ0) is 12.5. The normalized spacial score (nSPS) is 31.4. The van der Waals surface area contributed by atoms with E-state index in [4.69, 9.17) is 4.74 Å². The number of aliphatic hydroxyl groups is 1. The fourth-order valence-corrected chi connectivity index (χ4v) is 4.01. The average molecular weight is 254 g/mol. The first kappa shape index (κ1) is 13.1. The molecule has 2 rings (SSSR count).